The lowest BCUT2D eigenvalue weighted by Crippen LogP contribution is -2.51. The van der Waals surface area contributed by atoms with Gasteiger partial charge >= 0.3 is 0 Å². The maximum atomic E-state index is 12.9. The van der Waals surface area contributed by atoms with Crippen LogP contribution in [0.3, 0.4) is 0 Å². The standard InChI is InChI=1S/C17H23FN2O2/c1-3-16(21)19-8-10-20(11-9-19)17(22)13(2)12-14-4-6-15(18)7-5-14/h4-7,13H,3,8-12H2,1-2H3. The molecule has 2 amide bonds. The van der Waals surface area contributed by atoms with Crippen molar-refractivity contribution in [2.24, 2.45) is 5.92 Å². The van der Waals surface area contributed by atoms with Crippen molar-refractivity contribution >= 4 is 11.8 Å². The molecule has 1 saturated heterocycles. The topological polar surface area (TPSA) is 40.6 Å². The van der Waals surface area contributed by atoms with Crippen LogP contribution in [-0.2, 0) is 16.0 Å². The van der Waals surface area contributed by atoms with E-state index in [4.69, 9.17) is 0 Å². The van der Waals surface area contributed by atoms with Crippen molar-refractivity contribution in [2.75, 3.05) is 26.2 Å². The summed E-state index contributed by atoms with van der Waals surface area (Å²) >= 11 is 0. The van der Waals surface area contributed by atoms with Crippen LogP contribution >= 0.6 is 0 Å². The van der Waals surface area contributed by atoms with E-state index in [0.717, 1.165) is 5.56 Å². The van der Waals surface area contributed by atoms with Gasteiger partial charge in [0.25, 0.3) is 0 Å². The zero-order valence-electron chi connectivity index (χ0n) is 13.2. The summed E-state index contributed by atoms with van der Waals surface area (Å²) in [6.45, 7) is 6.17. The van der Waals surface area contributed by atoms with Gasteiger partial charge in [0, 0.05) is 38.5 Å². The molecule has 0 aromatic heterocycles. The van der Waals surface area contributed by atoms with Crippen LogP contribution in [0.4, 0.5) is 4.39 Å². The first-order chi connectivity index (χ1) is 10.5. The summed E-state index contributed by atoms with van der Waals surface area (Å²) in [5.41, 5.74) is 0.960. The van der Waals surface area contributed by atoms with Gasteiger partial charge in [-0.2, -0.15) is 0 Å². The first kappa shape index (κ1) is 16.5. The second kappa shape index (κ2) is 7.38. The lowest BCUT2D eigenvalue weighted by molar-refractivity contribution is -0.141. The fourth-order valence-corrected chi connectivity index (χ4v) is 2.77. The third-order valence-corrected chi connectivity index (χ3v) is 4.12. The molecule has 0 bridgehead atoms. The van der Waals surface area contributed by atoms with Gasteiger partial charge in [-0.05, 0) is 24.1 Å². The number of carbonyl (C=O) groups is 2. The smallest absolute Gasteiger partial charge is 0.225 e. The summed E-state index contributed by atoms with van der Waals surface area (Å²) in [7, 11) is 0. The predicted octanol–water partition coefficient (Wildman–Crippen LogP) is 2.09. The molecule has 22 heavy (non-hydrogen) atoms. The molecule has 0 spiro atoms. The third kappa shape index (κ3) is 4.06. The molecule has 1 aliphatic heterocycles. The van der Waals surface area contributed by atoms with Crippen LogP contribution in [0.1, 0.15) is 25.8 Å². The number of piperazine rings is 1. The van der Waals surface area contributed by atoms with Crippen LogP contribution in [-0.4, -0.2) is 47.8 Å². The van der Waals surface area contributed by atoms with Gasteiger partial charge in [-0.3, -0.25) is 9.59 Å². The minimum atomic E-state index is -0.264. The van der Waals surface area contributed by atoms with Crippen LogP contribution < -0.4 is 0 Å². The Labute approximate surface area is 130 Å². The quantitative estimate of drug-likeness (QED) is 0.854. The second-order valence-corrected chi connectivity index (χ2v) is 5.79. The van der Waals surface area contributed by atoms with Crippen LogP contribution in [0.2, 0.25) is 0 Å². The Kier molecular flexibility index (Phi) is 5.52. The SMILES string of the molecule is CCC(=O)N1CCN(C(=O)C(C)Cc2ccc(F)cc2)CC1. The highest BCUT2D eigenvalue weighted by Crippen LogP contribution is 2.14. The molecule has 1 aromatic rings. The molecule has 0 saturated carbocycles. The monoisotopic (exact) mass is 306 g/mol. The maximum absolute atomic E-state index is 12.9. The van der Waals surface area contributed by atoms with Crippen LogP contribution in [0, 0.1) is 11.7 Å². The summed E-state index contributed by atoms with van der Waals surface area (Å²) in [5.74, 6) is -0.155. The van der Waals surface area contributed by atoms with E-state index in [1.165, 1.54) is 12.1 Å². The lowest BCUT2D eigenvalue weighted by atomic mass is 9.99. The van der Waals surface area contributed by atoms with E-state index in [9.17, 15) is 14.0 Å². The molecular weight excluding hydrogens is 283 g/mol. The van der Waals surface area contributed by atoms with E-state index >= 15 is 0 Å². The Bertz CT molecular complexity index is 522. The first-order valence-electron chi connectivity index (χ1n) is 7.82. The number of amides is 2. The average molecular weight is 306 g/mol. The fourth-order valence-electron chi connectivity index (χ4n) is 2.77. The summed E-state index contributed by atoms with van der Waals surface area (Å²) in [6.07, 6.45) is 1.11. The molecule has 5 heteroatoms. The molecule has 1 atom stereocenters. The predicted molar refractivity (Wildman–Crippen MR) is 82.7 cm³/mol. The highest BCUT2D eigenvalue weighted by Gasteiger charge is 2.26. The molecule has 2 rings (SSSR count). The molecule has 1 unspecified atom stereocenters. The van der Waals surface area contributed by atoms with Gasteiger partial charge in [-0.25, -0.2) is 4.39 Å². The molecule has 1 aromatic carbocycles. The van der Waals surface area contributed by atoms with Gasteiger partial charge in [0.15, 0.2) is 0 Å². The van der Waals surface area contributed by atoms with E-state index in [-0.39, 0.29) is 23.5 Å². The van der Waals surface area contributed by atoms with Crippen molar-refractivity contribution in [3.63, 3.8) is 0 Å². The summed E-state index contributed by atoms with van der Waals surface area (Å²) in [5, 5.41) is 0. The molecule has 0 aliphatic carbocycles. The van der Waals surface area contributed by atoms with Crippen molar-refractivity contribution in [3.8, 4) is 0 Å². The molecule has 120 valence electrons. The highest BCUT2D eigenvalue weighted by atomic mass is 19.1. The van der Waals surface area contributed by atoms with Gasteiger partial charge in [0.2, 0.25) is 11.8 Å². The summed E-state index contributed by atoms with van der Waals surface area (Å²) < 4.78 is 12.9. The van der Waals surface area contributed by atoms with E-state index in [0.29, 0.717) is 39.0 Å². The minimum Gasteiger partial charge on any atom is -0.339 e. The molecule has 0 N–H and O–H groups in total. The Hall–Kier alpha value is -1.91. The Morgan fingerprint density at radius 2 is 1.64 bits per heavy atom. The average Bonchev–Trinajstić information content (AvgIpc) is 2.55. The summed E-state index contributed by atoms with van der Waals surface area (Å²) in [4.78, 5) is 27.7. The Morgan fingerprint density at radius 1 is 1.09 bits per heavy atom. The van der Waals surface area contributed by atoms with Gasteiger partial charge in [-0.1, -0.05) is 26.0 Å². The molecule has 0 radical (unpaired) electrons. The molecule has 1 fully saturated rings. The third-order valence-electron chi connectivity index (χ3n) is 4.12. The number of benzene rings is 1. The number of halogens is 1. The Balaban J connectivity index is 1.86. The van der Waals surface area contributed by atoms with Crippen molar-refractivity contribution in [1.29, 1.82) is 0 Å². The van der Waals surface area contributed by atoms with Gasteiger partial charge < -0.3 is 9.80 Å². The van der Waals surface area contributed by atoms with Crippen LogP contribution in [0.5, 0.6) is 0 Å². The number of nitrogens with zero attached hydrogens (tertiary/aromatic N) is 2. The normalized spacial score (nSPS) is 16.5. The molecule has 1 aliphatic rings. The van der Waals surface area contributed by atoms with Crippen LogP contribution in [0.15, 0.2) is 24.3 Å². The zero-order valence-corrected chi connectivity index (χ0v) is 13.2. The number of hydrogen-bond acceptors (Lipinski definition) is 2. The number of rotatable bonds is 4. The van der Waals surface area contributed by atoms with Crippen LogP contribution in [0.25, 0.3) is 0 Å². The number of hydrogen-bond donors (Lipinski definition) is 0. The van der Waals surface area contributed by atoms with Crippen molar-refractivity contribution in [1.82, 2.24) is 9.80 Å². The van der Waals surface area contributed by atoms with E-state index in [2.05, 4.69) is 0 Å². The van der Waals surface area contributed by atoms with Crippen molar-refractivity contribution < 1.29 is 14.0 Å². The van der Waals surface area contributed by atoms with Gasteiger partial charge in [-0.15, -0.1) is 0 Å². The van der Waals surface area contributed by atoms with E-state index < -0.39 is 0 Å². The summed E-state index contributed by atoms with van der Waals surface area (Å²) in [6, 6.07) is 6.28. The van der Waals surface area contributed by atoms with Gasteiger partial charge in [0.1, 0.15) is 5.82 Å². The molecule has 1 heterocycles. The molecule has 4 nitrogen and oxygen atoms in total. The number of carbonyl (C=O) groups excluding carboxylic acids is 2. The maximum Gasteiger partial charge on any atom is 0.225 e. The highest BCUT2D eigenvalue weighted by molar-refractivity contribution is 5.80. The lowest BCUT2D eigenvalue weighted by Gasteiger charge is -2.36. The molecular formula is C17H23FN2O2. The van der Waals surface area contributed by atoms with Crippen molar-refractivity contribution in [3.05, 3.63) is 35.6 Å². The second-order valence-electron chi connectivity index (χ2n) is 5.79. The van der Waals surface area contributed by atoms with E-state index in [1.54, 1.807) is 12.1 Å². The largest absolute Gasteiger partial charge is 0.339 e. The van der Waals surface area contributed by atoms with Gasteiger partial charge in [0.05, 0.1) is 0 Å². The van der Waals surface area contributed by atoms with E-state index in [1.807, 2.05) is 23.6 Å². The zero-order chi connectivity index (χ0) is 16.1. The fraction of sp³-hybridized carbons (Fsp3) is 0.529. The van der Waals surface area contributed by atoms with Crippen molar-refractivity contribution in [2.45, 2.75) is 26.7 Å². The Morgan fingerprint density at radius 3 is 2.18 bits per heavy atom. The minimum absolute atomic E-state index is 0.105. The first-order valence-corrected chi connectivity index (χ1v) is 7.82.